The third kappa shape index (κ3) is 5.14. The molecule has 0 saturated heterocycles. The van der Waals surface area contributed by atoms with Gasteiger partial charge in [-0.3, -0.25) is 13.9 Å². The SMILES string of the molecule is CCN(c1ccccc1)S(=O)(=O)c1ccc(OCC(=O)N2c3ccccc3NC(=O)C[C@@H]2C)cc1. The maximum atomic E-state index is 13.2. The predicted molar refractivity (Wildman–Crippen MR) is 135 cm³/mol. The molecule has 1 N–H and O–H groups in total. The predicted octanol–water partition coefficient (Wildman–Crippen LogP) is 4.04. The second-order valence-electron chi connectivity index (χ2n) is 8.15. The summed E-state index contributed by atoms with van der Waals surface area (Å²) in [4.78, 5) is 26.9. The Morgan fingerprint density at radius 1 is 1.03 bits per heavy atom. The smallest absolute Gasteiger partial charge is 0.265 e. The van der Waals surface area contributed by atoms with E-state index in [-0.39, 0.29) is 42.3 Å². The summed E-state index contributed by atoms with van der Waals surface area (Å²) in [5.74, 6) is -0.0982. The highest BCUT2D eigenvalue weighted by Gasteiger charge is 2.30. The van der Waals surface area contributed by atoms with Gasteiger partial charge in [-0.25, -0.2) is 8.42 Å². The largest absolute Gasteiger partial charge is 0.484 e. The number of benzene rings is 3. The van der Waals surface area contributed by atoms with Gasteiger partial charge >= 0.3 is 0 Å². The molecule has 1 aliphatic heterocycles. The first-order valence-corrected chi connectivity index (χ1v) is 12.8. The number of carbonyl (C=O) groups excluding carboxylic acids is 2. The van der Waals surface area contributed by atoms with Crippen molar-refractivity contribution in [3.8, 4) is 5.75 Å². The standard InChI is InChI=1S/C26H27N3O5S/c1-3-28(20-9-5-4-6-10-20)35(32,33)22-15-13-21(14-16-22)34-18-26(31)29-19(2)17-25(30)27-23-11-7-8-12-24(23)29/h4-16,19H,3,17-18H2,1-2H3,(H,27,30)/t19-/m0/s1. The maximum Gasteiger partial charge on any atom is 0.265 e. The summed E-state index contributed by atoms with van der Waals surface area (Å²) in [6.45, 7) is 3.61. The minimum absolute atomic E-state index is 0.126. The molecule has 0 radical (unpaired) electrons. The number of carbonyl (C=O) groups is 2. The number of rotatable bonds is 7. The van der Waals surface area contributed by atoms with Crippen LogP contribution in [-0.2, 0) is 19.6 Å². The van der Waals surface area contributed by atoms with Crippen molar-refractivity contribution in [2.45, 2.75) is 31.2 Å². The monoisotopic (exact) mass is 493 g/mol. The van der Waals surface area contributed by atoms with Crippen LogP contribution in [0, 0.1) is 0 Å². The molecule has 0 aromatic heterocycles. The van der Waals surface area contributed by atoms with E-state index in [1.165, 1.54) is 28.6 Å². The zero-order valence-corrected chi connectivity index (χ0v) is 20.4. The Kier molecular flexibility index (Phi) is 7.07. The van der Waals surface area contributed by atoms with Crippen molar-refractivity contribution in [2.24, 2.45) is 0 Å². The van der Waals surface area contributed by atoms with Crippen LogP contribution in [0.25, 0.3) is 0 Å². The molecular weight excluding hydrogens is 466 g/mol. The van der Waals surface area contributed by atoms with Crippen molar-refractivity contribution in [1.82, 2.24) is 0 Å². The van der Waals surface area contributed by atoms with E-state index in [1.807, 2.05) is 13.0 Å². The fourth-order valence-electron chi connectivity index (χ4n) is 4.10. The first-order chi connectivity index (χ1) is 16.8. The summed E-state index contributed by atoms with van der Waals surface area (Å²) in [7, 11) is -3.76. The van der Waals surface area contributed by atoms with Gasteiger partial charge in [0.15, 0.2) is 6.61 Å². The average molecular weight is 494 g/mol. The molecule has 0 saturated carbocycles. The first-order valence-electron chi connectivity index (χ1n) is 11.3. The summed E-state index contributed by atoms with van der Waals surface area (Å²) in [5, 5.41) is 2.82. The highest BCUT2D eigenvalue weighted by molar-refractivity contribution is 7.92. The number of fused-ring (bicyclic) bond motifs is 1. The minimum Gasteiger partial charge on any atom is -0.484 e. The van der Waals surface area contributed by atoms with Crippen molar-refractivity contribution in [3.05, 3.63) is 78.9 Å². The number of anilines is 3. The van der Waals surface area contributed by atoms with Gasteiger partial charge in [-0.2, -0.15) is 0 Å². The number of sulfonamides is 1. The Hall–Kier alpha value is -3.85. The maximum absolute atomic E-state index is 13.2. The highest BCUT2D eigenvalue weighted by atomic mass is 32.2. The normalized spacial score (nSPS) is 15.5. The quantitative estimate of drug-likeness (QED) is 0.536. The molecular formula is C26H27N3O5S. The molecule has 0 unspecified atom stereocenters. The number of para-hydroxylation sites is 3. The number of hydrogen-bond acceptors (Lipinski definition) is 5. The van der Waals surface area contributed by atoms with E-state index in [0.29, 0.717) is 22.8 Å². The molecule has 182 valence electrons. The molecule has 0 aliphatic carbocycles. The van der Waals surface area contributed by atoms with Crippen LogP contribution in [0.1, 0.15) is 20.3 Å². The average Bonchev–Trinajstić information content (AvgIpc) is 2.98. The summed E-state index contributed by atoms with van der Waals surface area (Å²) < 4.78 is 33.3. The van der Waals surface area contributed by atoms with Gasteiger partial charge in [0, 0.05) is 19.0 Å². The van der Waals surface area contributed by atoms with Gasteiger partial charge in [0.05, 0.1) is 22.0 Å². The molecule has 9 heteroatoms. The Balaban J connectivity index is 1.48. The lowest BCUT2D eigenvalue weighted by molar-refractivity contribution is -0.121. The Labute approximate surface area is 205 Å². The number of ether oxygens (including phenoxy) is 1. The second kappa shape index (κ2) is 10.2. The molecule has 0 fully saturated rings. The summed E-state index contributed by atoms with van der Waals surface area (Å²) >= 11 is 0. The zero-order chi connectivity index (χ0) is 25.0. The second-order valence-corrected chi connectivity index (χ2v) is 10.0. The van der Waals surface area contributed by atoms with E-state index < -0.39 is 10.0 Å². The molecule has 1 atom stereocenters. The van der Waals surface area contributed by atoms with Crippen LogP contribution >= 0.6 is 0 Å². The third-order valence-electron chi connectivity index (χ3n) is 5.73. The van der Waals surface area contributed by atoms with Crippen LogP contribution in [0.3, 0.4) is 0 Å². The lowest BCUT2D eigenvalue weighted by atomic mass is 10.1. The van der Waals surface area contributed by atoms with Crippen molar-refractivity contribution in [1.29, 1.82) is 0 Å². The minimum atomic E-state index is -3.76. The fourth-order valence-corrected chi connectivity index (χ4v) is 5.58. The first kappa shape index (κ1) is 24.3. The van der Waals surface area contributed by atoms with Gasteiger partial charge in [-0.15, -0.1) is 0 Å². The third-order valence-corrected chi connectivity index (χ3v) is 7.65. The molecule has 1 aliphatic rings. The van der Waals surface area contributed by atoms with Crippen molar-refractivity contribution in [2.75, 3.05) is 27.7 Å². The molecule has 3 aromatic rings. The topological polar surface area (TPSA) is 96.0 Å². The molecule has 3 aromatic carbocycles. The van der Waals surface area contributed by atoms with Crippen LogP contribution in [0.2, 0.25) is 0 Å². The van der Waals surface area contributed by atoms with Crippen molar-refractivity contribution < 1.29 is 22.7 Å². The van der Waals surface area contributed by atoms with Crippen LogP contribution < -0.4 is 19.3 Å². The van der Waals surface area contributed by atoms with Crippen LogP contribution in [0.5, 0.6) is 5.75 Å². The number of nitrogens with zero attached hydrogens (tertiary/aromatic N) is 2. The Morgan fingerprint density at radius 3 is 2.37 bits per heavy atom. The van der Waals surface area contributed by atoms with Crippen LogP contribution in [-0.4, -0.2) is 39.4 Å². The number of amides is 2. The summed E-state index contributed by atoms with van der Waals surface area (Å²) in [6.07, 6.45) is 0.169. The summed E-state index contributed by atoms with van der Waals surface area (Å²) in [5.41, 5.74) is 1.77. The Morgan fingerprint density at radius 2 is 1.69 bits per heavy atom. The molecule has 35 heavy (non-hydrogen) atoms. The molecule has 4 rings (SSSR count). The zero-order valence-electron chi connectivity index (χ0n) is 19.5. The lowest BCUT2D eigenvalue weighted by Crippen LogP contribution is -2.41. The van der Waals surface area contributed by atoms with E-state index in [2.05, 4.69) is 5.32 Å². The Bertz CT molecular complexity index is 1310. The van der Waals surface area contributed by atoms with Crippen molar-refractivity contribution in [3.63, 3.8) is 0 Å². The van der Waals surface area contributed by atoms with Crippen molar-refractivity contribution >= 4 is 38.9 Å². The molecule has 8 nitrogen and oxygen atoms in total. The van der Waals surface area contributed by atoms with E-state index in [0.717, 1.165) is 0 Å². The summed E-state index contributed by atoms with van der Waals surface area (Å²) in [6, 6.07) is 21.7. The lowest BCUT2D eigenvalue weighted by Gasteiger charge is -2.27. The van der Waals surface area contributed by atoms with E-state index in [1.54, 1.807) is 60.4 Å². The van der Waals surface area contributed by atoms with Gasteiger partial charge in [0.25, 0.3) is 15.9 Å². The van der Waals surface area contributed by atoms with Crippen LogP contribution in [0.4, 0.5) is 17.1 Å². The fraction of sp³-hybridized carbons (Fsp3) is 0.231. The number of hydrogen-bond donors (Lipinski definition) is 1. The molecule has 0 spiro atoms. The molecule has 1 heterocycles. The molecule has 0 bridgehead atoms. The highest BCUT2D eigenvalue weighted by Crippen LogP contribution is 2.31. The van der Waals surface area contributed by atoms with Gasteiger partial charge in [0.1, 0.15) is 5.75 Å². The van der Waals surface area contributed by atoms with Gasteiger partial charge in [0.2, 0.25) is 5.91 Å². The van der Waals surface area contributed by atoms with Gasteiger partial charge < -0.3 is 15.0 Å². The number of nitrogens with one attached hydrogen (secondary N) is 1. The van der Waals surface area contributed by atoms with E-state index in [4.69, 9.17) is 4.74 Å². The van der Waals surface area contributed by atoms with E-state index in [9.17, 15) is 18.0 Å². The van der Waals surface area contributed by atoms with Gasteiger partial charge in [-0.05, 0) is 62.4 Å². The molecule has 2 amide bonds. The van der Waals surface area contributed by atoms with E-state index >= 15 is 0 Å². The van der Waals surface area contributed by atoms with Crippen LogP contribution in [0.15, 0.2) is 83.8 Å². The van der Waals surface area contributed by atoms with Gasteiger partial charge in [-0.1, -0.05) is 30.3 Å².